The van der Waals surface area contributed by atoms with Crippen molar-refractivity contribution in [1.29, 1.82) is 0 Å². The van der Waals surface area contributed by atoms with Crippen LogP contribution < -0.4 is 0 Å². The third-order valence-electron chi connectivity index (χ3n) is 3.29. The van der Waals surface area contributed by atoms with E-state index in [9.17, 15) is 4.79 Å². The standard InChI is InChI=1S/C15H20ClNO3/c1-11(14(18)19-3)6-5-8-15(2,20-4)13-10-12(16)7-9-17-13/h6-7,9-10H,5,8H2,1-4H3/b11-6+. The number of aromatic nitrogens is 1. The van der Waals surface area contributed by atoms with Gasteiger partial charge in [-0.05, 0) is 38.8 Å². The van der Waals surface area contributed by atoms with Crippen molar-refractivity contribution in [3.05, 3.63) is 40.7 Å². The van der Waals surface area contributed by atoms with E-state index in [2.05, 4.69) is 9.72 Å². The molecule has 0 bridgehead atoms. The molecule has 5 heteroatoms. The molecule has 110 valence electrons. The molecule has 1 aromatic heterocycles. The van der Waals surface area contributed by atoms with Gasteiger partial charge in [-0.25, -0.2) is 4.79 Å². The zero-order valence-corrected chi connectivity index (χ0v) is 13.0. The Labute approximate surface area is 124 Å². The van der Waals surface area contributed by atoms with Gasteiger partial charge in [-0.15, -0.1) is 0 Å². The van der Waals surface area contributed by atoms with E-state index in [-0.39, 0.29) is 5.97 Å². The average Bonchev–Trinajstić information content (AvgIpc) is 2.45. The number of carbonyl (C=O) groups is 1. The van der Waals surface area contributed by atoms with Crippen LogP contribution in [-0.4, -0.2) is 25.2 Å². The van der Waals surface area contributed by atoms with Gasteiger partial charge in [-0.1, -0.05) is 17.7 Å². The first-order valence-corrected chi connectivity index (χ1v) is 6.73. The average molecular weight is 298 g/mol. The van der Waals surface area contributed by atoms with Crippen molar-refractivity contribution in [3.63, 3.8) is 0 Å². The molecule has 1 heterocycles. The molecule has 0 aliphatic rings. The molecule has 0 amide bonds. The molecule has 0 saturated heterocycles. The van der Waals surface area contributed by atoms with Gasteiger partial charge in [0.15, 0.2) is 0 Å². The van der Waals surface area contributed by atoms with E-state index >= 15 is 0 Å². The van der Waals surface area contributed by atoms with Crippen LogP contribution in [0.2, 0.25) is 5.02 Å². The summed E-state index contributed by atoms with van der Waals surface area (Å²) < 4.78 is 10.2. The van der Waals surface area contributed by atoms with E-state index in [1.165, 1.54) is 7.11 Å². The first-order chi connectivity index (χ1) is 9.42. The minimum absolute atomic E-state index is 0.315. The maximum Gasteiger partial charge on any atom is 0.333 e. The Kier molecular flexibility index (Phi) is 6.17. The number of nitrogens with zero attached hydrogens (tertiary/aromatic N) is 1. The summed E-state index contributed by atoms with van der Waals surface area (Å²) in [6.45, 7) is 3.68. The number of halogens is 1. The molecule has 1 unspecified atom stereocenters. The second kappa shape index (κ2) is 7.41. The number of esters is 1. The smallest absolute Gasteiger partial charge is 0.333 e. The summed E-state index contributed by atoms with van der Waals surface area (Å²) in [6, 6.07) is 3.52. The van der Waals surface area contributed by atoms with Gasteiger partial charge in [0.05, 0.1) is 12.8 Å². The van der Waals surface area contributed by atoms with Crippen LogP contribution in [0.15, 0.2) is 30.0 Å². The van der Waals surface area contributed by atoms with Crippen molar-refractivity contribution >= 4 is 17.6 Å². The Morgan fingerprint density at radius 3 is 2.75 bits per heavy atom. The second-order valence-corrected chi connectivity index (χ2v) is 5.15. The number of pyridine rings is 1. The maximum atomic E-state index is 11.3. The SMILES string of the molecule is COC(=O)/C(C)=C/CCC(C)(OC)c1cc(Cl)ccn1. The highest BCUT2D eigenvalue weighted by Gasteiger charge is 2.27. The van der Waals surface area contributed by atoms with E-state index in [0.717, 1.165) is 5.69 Å². The van der Waals surface area contributed by atoms with Crippen molar-refractivity contribution in [3.8, 4) is 0 Å². The molecule has 4 nitrogen and oxygen atoms in total. The minimum Gasteiger partial charge on any atom is -0.466 e. The van der Waals surface area contributed by atoms with Crippen LogP contribution in [0.25, 0.3) is 0 Å². The molecular formula is C15H20ClNO3. The van der Waals surface area contributed by atoms with E-state index in [0.29, 0.717) is 23.4 Å². The number of rotatable bonds is 6. The fourth-order valence-corrected chi connectivity index (χ4v) is 2.00. The van der Waals surface area contributed by atoms with Gasteiger partial charge in [-0.2, -0.15) is 0 Å². The van der Waals surface area contributed by atoms with Crippen molar-refractivity contribution in [2.45, 2.75) is 32.3 Å². The molecule has 0 spiro atoms. The van der Waals surface area contributed by atoms with E-state index in [1.54, 1.807) is 32.4 Å². The Hall–Kier alpha value is -1.39. The number of ether oxygens (including phenoxy) is 2. The minimum atomic E-state index is -0.544. The van der Waals surface area contributed by atoms with Crippen LogP contribution in [0, 0.1) is 0 Å². The van der Waals surface area contributed by atoms with Crippen molar-refractivity contribution in [2.75, 3.05) is 14.2 Å². The molecule has 20 heavy (non-hydrogen) atoms. The third-order valence-corrected chi connectivity index (χ3v) is 3.53. The van der Waals surface area contributed by atoms with Gasteiger partial charge in [0.25, 0.3) is 0 Å². The lowest BCUT2D eigenvalue weighted by atomic mass is 9.94. The molecule has 1 aromatic rings. The van der Waals surface area contributed by atoms with E-state index in [4.69, 9.17) is 16.3 Å². The Morgan fingerprint density at radius 2 is 2.20 bits per heavy atom. The fourth-order valence-electron chi connectivity index (χ4n) is 1.84. The topological polar surface area (TPSA) is 48.4 Å². The lowest BCUT2D eigenvalue weighted by molar-refractivity contribution is -0.136. The van der Waals surface area contributed by atoms with Crippen LogP contribution in [-0.2, 0) is 19.9 Å². The van der Waals surface area contributed by atoms with Gasteiger partial charge >= 0.3 is 5.97 Å². The first-order valence-electron chi connectivity index (χ1n) is 6.35. The van der Waals surface area contributed by atoms with Crippen molar-refractivity contribution < 1.29 is 14.3 Å². The quantitative estimate of drug-likeness (QED) is 0.595. The van der Waals surface area contributed by atoms with Crippen LogP contribution in [0.1, 0.15) is 32.4 Å². The van der Waals surface area contributed by atoms with Crippen LogP contribution in [0.5, 0.6) is 0 Å². The molecule has 0 radical (unpaired) electrons. The Morgan fingerprint density at radius 1 is 1.50 bits per heavy atom. The molecule has 0 fully saturated rings. The molecular weight excluding hydrogens is 278 g/mol. The normalized spacial score (nSPS) is 14.8. The predicted molar refractivity (Wildman–Crippen MR) is 78.6 cm³/mol. The lowest BCUT2D eigenvalue weighted by Gasteiger charge is -2.27. The molecule has 0 saturated carbocycles. The Bertz CT molecular complexity index is 502. The zero-order valence-electron chi connectivity index (χ0n) is 12.3. The summed E-state index contributed by atoms with van der Waals surface area (Å²) in [5.74, 6) is -0.315. The first kappa shape index (κ1) is 16.7. The Balaban J connectivity index is 2.79. The summed E-state index contributed by atoms with van der Waals surface area (Å²) in [4.78, 5) is 15.6. The summed E-state index contributed by atoms with van der Waals surface area (Å²) in [5.41, 5.74) is 0.819. The maximum absolute atomic E-state index is 11.3. The summed E-state index contributed by atoms with van der Waals surface area (Å²) in [6.07, 6.45) is 4.86. The number of carbonyl (C=O) groups excluding carboxylic acids is 1. The van der Waals surface area contributed by atoms with Crippen LogP contribution >= 0.6 is 11.6 Å². The highest BCUT2D eigenvalue weighted by molar-refractivity contribution is 6.30. The largest absolute Gasteiger partial charge is 0.466 e. The molecule has 0 aromatic carbocycles. The van der Waals surface area contributed by atoms with E-state index in [1.807, 2.05) is 13.0 Å². The highest BCUT2D eigenvalue weighted by Crippen LogP contribution is 2.30. The molecule has 1 rings (SSSR count). The molecule has 0 aliphatic heterocycles. The fraction of sp³-hybridized carbons (Fsp3) is 0.467. The van der Waals surface area contributed by atoms with Gasteiger partial charge in [0, 0.05) is 23.9 Å². The third kappa shape index (κ3) is 4.32. The van der Waals surface area contributed by atoms with Gasteiger partial charge in [0.2, 0.25) is 0 Å². The van der Waals surface area contributed by atoms with Gasteiger partial charge in [0.1, 0.15) is 5.60 Å². The van der Waals surface area contributed by atoms with Crippen LogP contribution in [0.3, 0.4) is 0 Å². The van der Waals surface area contributed by atoms with Crippen LogP contribution in [0.4, 0.5) is 0 Å². The summed E-state index contributed by atoms with van der Waals surface area (Å²) in [5, 5.41) is 0.625. The molecule has 0 N–H and O–H groups in total. The number of hydrogen-bond acceptors (Lipinski definition) is 4. The van der Waals surface area contributed by atoms with Crippen molar-refractivity contribution in [1.82, 2.24) is 4.98 Å². The number of allylic oxidation sites excluding steroid dienone is 1. The van der Waals surface area contributed by atoms with Crippen molar-refractivity contribution in [2.24, 2.45) is 0 Å². The summed E-state index contributed by atoms with van der Waals surface area (Å²) in [7, 11) is 3.01. The molecule has 0 aliphatic carbocycles. The van der Waals surface area contributed by atoms with E-state index < -0.39 is 5.60 Å². The van der Waals surface area contributed by atoms with Gasteiger partial charge in [-0.3, -0.25) is 4.98 Å². The second-order valence-electron chi connectivity index (χ2n) is 4.71. The monoisotopic (exact) mass is 297 g/mol. The highest BCUT2D eigenvalue weighted by atomic mass is 35.5. The lowest BCUT2D eigenvalue weighted by Crippen LogP contribution is -2.25. The van der Waals surface area contributed by atoms with Gasteiger partial charge < -0.3 is 9.47 Å². The predicted octanol–water partition coefficient (Wildman–Crippen LogP) is 3.50. The molecule has 1 atom stereocenters. The summed E-state index contributed by atoms with van der Waals surface area (Å²) >= 11 is 5.98. The number of hydrogen-bond donors (Lipinski definition) is 0. The number of methoxy groups -OCH3 is 2. The zero-order chi connectivity index (χ0) is 15.2.